The van der Waals surface area contributed by atoms with E-state index in [1.807, 2.05) is 24.3 Å². The van der Waals surface area contributed by atoms with Gasteiger partial charge in [0.1, 0.15) is 12.6 Å². The van der Waals surface area contributed by atoms with E-state index in [1.54, 1.807) is 31.7 Å². The first kappa shape index (κ1) is 15.0. The van der Waals surface area contributed by atoms with Crippen molar-refractivity contribution in [3.63, 3.8) is 0 Å². The van der Waals surface area contributed by atoms with E-state index in [4.69, 9.17) is 0 Å². The minimum Gasteiger partial charge on any atom is -0.480 e. The molecule has 0 spiro atoms. The van der Waals surface area contributed by atoms with Crippen molar-refractivity contribution in [1.29, 1.82) is 0 Å². The van der Waals surface area contributed by atoms with Crippen molar-refractivity contribution in [3.8, 4) is 0 Å². The highest BCUT2D eigenvalue weighted by Gasteiger charge is 2.32. The van der Waals surface area contributed by atoms with Gasteiger partial charge in [0.05, 0.1) is 17.4 Å². The largest absolute Gasteiger partial charge is 0.480 e. The minimum atomic E-state index is -1.04. The van der Waals surface area contributed by atoms with Crippen LogP contribution in [-0.4, -0.2) is 32.6 Å². The summed E-state index contributed by atoms with van der Waals surface area (Å²) in [6.45, 7) is 5.37. The van der Waals surface area contributed by atoms with Crippen molar-refractivity contribution in [3.05, 3.63) is 30.6 Å². The van der Waals surface area contributed by atoms with Crippen molar-refractivity contribution in [2.24, 2.45) is 5.41 Å². The zero-order valence-corrected chi connectivity index (χ0v) is 12.3. The number of nitrogens with one attached hydrogen (secondary N) is 1. The van der Waals surface area contributed by atoms with Gasteiger partial charge in [0.25, 0.3) is 0 Å². The summed E-state index contributed by atoms with van der Waals surface area (Å²) < 4.78 is 1.70. The Morgan fingerprint density at radius 2 is 2.00 bits per heavy atom. The number of carbonyl (C=O) groups is 2. The number of fused-ring (bicyclic) bond motifs is 1. The predicted molar refractivity (Wildman–Crippen MR) is 78.8 cm³/mol. The molecule has 1 aromatic carbocycles. The Kier molecular flexibility index (Phi) is 3.97. The van der Waals surface area contributed by atoms with Gasteiger partial charge in [-0.3, -0.25) is 4.79 Å². The molecule has 21 heavy (non-hydrogen) atoms. The summed E-state index contributed by atoms with van der Waals surface area (Å²) in [5.41, 5.74) is 1.09. The van der Waals surface area contributed by atoms with Crippen molar-refractivity contribution in [2.75, 3.05) is 0 Å². The fraction of sp³-hybridized carbons (Fsp3) is 0.400. The van der Waals surface area contributed by atoms with Crippen LogP contribution >= 0.6 is 0 Å². The molecular formula is C15H19N3O3. The lowest BCUT2D eigenvalue weighted by Crippen LogP contribution is -2.49. The smallest absolute Gasteiger partial charge is 0.326 e. The fourth-order valence-corrected chi connectivity index (χ4v) is 2.15. The molecule has 1 atom stereocenters. The number of aromatic nitrogens is 2. The highest BCUT2D eigenvalue weighted by molar-refractivity contribution is 5.85. The summed E-state index contributed by atoms with van der Waals surface area (Å²) >= 11 is 0. The first-order valence-corrected chi connectivity index (χ1v) is 6.71. The van der Waals surface area contributed by atoms with Crippen molar-refractivity contribution in [1.82, 2.24) is 14.9 Å². The summed E-state index contributed by atoms with van der Waals surface area (Å²) in [4.78, 5) is 27.6. The molecule has 0 saturated carbocycles. The van der Waals surface area contributed by atoms with Crippen LogP contribution < -0.4 is 5.32 Å². The van der Waals surface area contributed by atoms with E-state index in [1.165, 1.54) is 0 Å². The third kappa shape index (κ3) is 3.39. The molecule has 2 N–H and O–H groups in total. The molecule has 6 nitrogen and oxygen atoms in total. The number of carboxylic acids is 1. The molecule has 1 heterocycles. The van der Waals surface area contributed by atoms with Gasteiger partial charge in [-0.1, -0.05) is 32.9 Å². The Hall–Kier alpha value is -2.37. The normalized spacial score (nSPS) is 13.1. The van der Waals surface area contributed by atoms with E-state index < -0.39 is 17.4 Å². The Balaban J connectivity index is 2.13. The lowest BCUT2D eigenvalue weighted by Gasteiger charge is -2.27. The highest BCUT2D eigenvalue weighted by Crippen LogP contribution is 2.19. The van der Waals surface area contributed by atoms with Crippen LogP contribution in [0, 0.1) is 5.41 Å². The fourth-order valence-electron chi connectivity index (χ4n) is 2.15. The average molecular weight is 289 g/mol. The van der Waals surface area contributed by atoms with Crippen molar-refractivity contribution >= 4 is 22.9 Å². The molecule has 0 aliphatic heterocycles. The monoisotopic (exact) mass is 289 g/mol. The van der Waals surface area contributed by atoms with Crippen LogP contribution in [0.25, 0.3) is 11.0 Å². The summed E-state index contributed by atoms with van der Waals surface area (Å²) in [5.74, 6) is -1.38. The number of nitrogens with zero attached hydrogens (tertiary/aromatic N) is 2. The standard InChI is InChI=1S/C15H19N3O3/c1-15(2,3)13(14(20)21)17-12(19)8-18-9-16-10-6-4-5-7-11(10)18/h4-7,9,13H,8H2,1-3H3,(H,17,19)(H,20,21)/t13-/m1/s1. The van der Waals surface area contributed by atoms with Gasteiger partial charge in [0, 0.05) is 0 Å². The Morgan fingerprint density at radius 3 is 2.62 bits per heavy atom. The Morgan fingerprint density at radius 1 is 1.33 bits per heavy atom. The van der Waals surface area contributed by atoms with Crippen LogP contribution in [0.3, 0.4) is 0 Å². The van der Waals surface area contributed by atoms with Crippen LogP contribution in [0.5, 0.6) is 0 Å². The lowest BCUT2D eigenvalue weighted by atomic mass is 9.87. The molecule has 0 unspecified atom stereocenters. The highest BCUT2D eigenvalue weighted by atomic mass is 16.4. The van der Waals surface area contributed by atoms with Crippen molar-refractivity contribution in [2.45, 2.75) is 33.4 Å². The number of carboxylic acid groups (broad SMARTS) is 1. The minimum absolute atomic E-state index is 0.0420. The van der Waals surface area contributed by atoms with Gasteiger partial charge in [-0.05, 0) is 17.5 Å². The molecule has 0 fully saturated rings. The molecule has 0 bridgehead atoms. The summed E-state index contributed by atoms with van der Waals surface area (Å²) in [7, 11) is 0. The van der Waals surface area contributed by atoms with Gasteiger partial charge >= 0.3 is 5.97 Å². The molecule has 0 radical (unpaired) electrons. The first-order valence-electron chi connectivity index (χ1n) is 6.71. The third-order valence-electron chi connectivity index (χ3n) is 3.26. The quantitative estimate of drug-likeness (QED) is 0.896. The van der Waals surface area contributed by atoms with Crippen LogP contribution in [0.15, 0.2) is 30.6 Å². The SMILES string of the molecule is CC(C)(C)[C@H](NC(=O)Cn1cnc2ccccc21)C(=O)O. The molecule has 0 aliphatic rings. The van der Waals surface area contributed by atoms with E-state index in [9.17, 15) is 14.7 Å². The van der Waals surface area contributed by atoms with E-state index in [0.29, 0.717) is 0 Å². The molecule has 1 amide bonds. The van der Waals surface area contributed by atoms with E-state index >= 15 is 0 Å². The number of para-hydroxylation sites is 2. The van der Waals surface area contributed by atoms with Gasteiger partial charge in [-0.15, -0.1) is 0 Å². The average Bonchev–Trinajstić information content (AvgIpc) is 2.78. The number of benzene rings is 1. The van der Waals surface area contributed by atoms with E-state index in [0.717, 1.165) is 11.0 Å². The van der Waals surface area contributed by atoms with Crippen LogP contribution in [-0.2, 0) is 16.1 Å². The molecule has 0 saturated heterocycles. The molecule has 112 valence electrons. The third-order valence-corrected chi connectivity index (χ3v) is 3.26. The van der Waals surface area contributed by atoms with Gasteiger partial charge < -0.3 is 15.0 Å². The predicted octanol–water partition coefficient (Wildman–Crippen LogP) is 1.65. The number of rotatable bonds is 4. The van der Waals surface area contributed by atoms with Crippen LogP contribution in [0.2, 0.25) is 0 Å². The maximum Gasteiger partial charge on any atom is 0.326 e. The number of carbonyl (C=O) groups excluding carboxylic acids is 1. The zero-order chi connectivity index (χ0) is 15.6. The lowest BCUT2D eigenvalue weighted by molar-refractivity contribution is -0.145. The number of amides is 1. The van der Waals surface area contributed by atoms with Crippen molar-refractivity contribution < 1.29 is 14.7 Å². The van der Waals surface area contributed by atoms with E-state index in [-0.39, 0.29) is 12.5 Å². The summed E-state index contributed by atoms with van der Waals surface area (Å²) in [5, 5.41) is 11.8. The van der Waals surface area contributed by atoms with Gasteiger partial charge in [0.15, 0.2) is 0 Å². The molecule has 6 heteroatoms. The molecule has 0 aliphatic carbocycles. The number of imidazole rings is 1. The number of hydrogen-bond acceptors (Lipinski definition) is 3. The summed E-state index contributed by atoms with van der Waals surface area (Å²) in [6, 6.07) is 6.54. The maximum absolute atomic E-state index is 12.1. The molecule has 2 aromatic rings. The molecule has 2 rings (SSSR count). The van der Waals surface area contributed by atoms with Gasteiger partial charge in [-0.25, -0.2) is 9.78 Å². The maximum atomic E-state index is 12.1. The van der Waals surface area contributed by atoms with Crippen LogP contribution in [0.4, 0.5) is 0 Å². The zero-order valence-electron chi connectivity index (χ0n) is 12.3. The molecular weight excluding hydrogens is 270 g/mol. The van der Waals surface area contributed by atoms with Gasteiger partial charge in [0.2, 0.25) is 5.91 Å². The second kappa shape index (κ2) is 5.55. The Labute approximate surface area is 122 Å². The number of hydrogen-bond donors (Lipinski definition) is 2. The first-order chi connectivity index (χ1) is 9.79. The molecule has 1 aromatic heterocycles. The number of aliphatic carboxylic acids is 1. The van der Waals surface area contributed by atoms with Crippen LogP contribution in [0.1, 0.15) is 20.8 Å². The summed E-state index contributed by atoms with van der Waals surface area (Å²) in [6.07, 6.45) is 1.58. The second-order valence-corrected chi connectivity index (χ2v) is 6.07. The second-order valence-electron chi connectivity index (χ2n) is 6.07. The topological polar surface area (TPSA) is 84.2 Å². The Bertz CT molecular complexity index is 670. The van der Waals surface area contributed by atoms with E-state index in [2.05, 4.69) is 10.3 Å². The van der Waals surface area contributed by atoms with Gasteiger partial charge in [-0.2, -0.15) is 0 Å².